The summed E-state index contributed by atoms with van der Waals surface area (Å²) >= 11 is 0. The van der Waals surface area contributed by atoms with E-state index in [2.05, 4.69) is 48.0 Å². The molecule has 6 heterocycles. The van der Waals surface area contributed by atoms with Gasteiger partial charge in [0.15, 0.2) is 11.5 Å². The van der Waals surface area contributed by atoms with Gasteiger partial charge in [-0.05, 0) is 53.8 Å². The number of benzene rings is 1. The molecule has 0 atom stereocenters. The van der Waals surface area contributed by atoms with Gasteiger partial charge in [0.2, 0.25) is 5.91 Å². The molecule has 0 fully saturated rings. The molecule has 8 nitrogen and oxygen atoms in total. The molecule has 0 radical (unpaired) electrons. The van der Waals surface area contributed by atoms with Crippen LogP contribution >= 0.6 is 0 Å². The number of rotatable bonds is 7. The van der Waals surface area contributed by atoms with Crippen LogP contribution in [0.4, 0.5) is 27.3 Å². The van der Waals surface area contributed by atoms with Crippen LogP contribution in [0.15, 0.2) is 73.5 Å². The Morgan fingerprint density at radius 1 is 1.02 bits per heavy atom. The lowest BCUT2D eigenvalue weighted by molar-refractivity contribution is -0.116. The number of hydrogen-bond acceptors (Lipinski definition) is 7. The molecule has 4 aromatic heterocycles. The summed E-state index contributed by atoms with van der Waals surface area (Å²) in [5.41, 5.74) is 8.29. The van der Waals surface area contributed by atoms with Gasteiger partial charge in [-0.3, -0.25) is 14.8 Å². The number of anilines is 4. The van der Waals surface area contributed by atoms with E-state index in [1.54, 1.807) is 30.9 Å². The Hall–Kier alpha value is -5.18. The molecule has 0 saturated heterocycles. The molecular formula is C32H26FN7O. The predicted octanol–water partition coefficient (Wildman–Crippen LogP) is 7.09. The summed E-state index contributed by atoms with van der Waals surface area (Å²) in [6.45, 7) is 2.03. The lowest BCUT2D eigenvalue weighted by Crippen LogP contribution is -2.11. The van der Waals surface area contributed by atoms with Crippen molar-refractivity contribution < 1.29 is 9.18 Å². The lowest BCUT2D eigenvalue weighted by Gasteiger charge is -2.23. The molecule has 0 unspecified atom stereocenters. The zero-order chi connectivity index (χ0) is 27.9. The minimum absolute atomic E-state index is 0.0915. The Labute approximate surface area is 235 Å². The molecule has 1 amide bonds. The van der Waals surface area contributed by atoms with Crippen molar-refractivity contribution in [2.24, 2.45) is 0 Å². The third-order valence-electron chi connectivity index (χ3n) is 7.44. The first-order valence-electron chi connectivity index (χ1n) is 13.6. The zero-order valence-corrected chi connectivity index (χ0v) is 22.3. The second kappa shape index (κ2) is 10.1. The standard InChI is InChI=1S/C32H26FN7O/c1-2-3-7-26(41)37-20-14-19(15-35-16-20)23-17-36-31-28(29(23)33)27(30-32(39-30)40-31)25-9-8-22-21(5-4-6-24(22)38-25)18-10-12-34-13-11-18/h4-6,9-17,38H,2-3,7-8H2,1H3,(H,37,41)(H,36,39,40). The highest BCUT2D eigenvalue weighted by atomic mass is 19.1. The highest BCUT2D eigenvalue weighted by molar-refractivity contribution is 6.10. The van der Waals surface area contributed by atoms with Crippen molar-refractivity contribution in [3.63, 3.8) is 0 Å². The van der Waals surface area contributed by atoms with Gasteiger partial charge in [0.05, 0.1) is 23.0 Å². The van der Waals surface area contributed by atoms with Crippen molar-refractivity contribution in [3.8, 4) is 22.3 Å². The van der Waals surface area contributed by atoms with Crippen LogP contribution in [-0.2, 0) is 11.2 Å². The average Bonchev–Trinajstić information content (AvgIpc) is 3.78. The maximum atomic E-state index is 16.4. The second-order valence-corrected chi connectivity index (χ2v) is 10.1. The maximum Gasteiger partial charge on any atom is 0.224 e. The average molecular weight is 544 g/mol. The molecule has 9 heteroatoms. The Balaban J connectivity index is 1.27. The number of carbonyl (C=O) groups excluding carboxylic acids is 1. The SMILES string of the molecule is CCCCC(=O)Nc1cncc(-c2cnc3nc4c(c(C5=CCc6c(cccc6-c6ccncc6)N5)c3c2F)N4)c1. The van der Waals surface area contributed by atoms with Gasteiger partial charge in [-0.15, -0.1) is 0 Å². The van der Waals surface area contributed by atoms with E-state index in [0.717, 1.165) is 46.6 Å². The molecule has 0 saturated carbocycles. The van der Waals surface area contributed by atoms with E-state index in [0.29, 0.717) is 46.5 Å². The highest BCUT2D eigenvalue weighted by Gasteiger charge is 2.32. The topological polar surface area (TPSA) is 115 Å². The quantitative estimate of drug-likeness (QED) is 0.184. The number of nitrogens with zero attached hydrogens (tertiary/aromatic N) is 4. The first kappa shape index (κ1) is 24.8. The van der Waals surface area contributed by atoms with E-state index in [1.165, 1.54) is 6.20 Å². The smallest absolute Gasteiger partial charge is 0.224 e. The monoisotopic (exact) mass is 543 g/mol. The van der Waals surface area contributed by atoms with Crippen molar-refractivity contribution in [3.05, 3.63) is 90.4 Å². The fourth-order valence-electron chi connectivity index (χ4n) is 5.35. The normalized spacial score (nSPS) is 13.0. The predicted molar refractivity (Wildman–Crippen MR) is 159 cm³/mol. The number of hydrogen-bond donors (Lipinski definition) is 3. The van der Waals surface area contributed by atoms with E-state index in [4.69, 9.17) is 0 Å². The summed E-state index contributed by atoms with van der Waals surface area (Å²) in [6, 6.07) is 11.9. The third-order valence-corrected chi connectivity index (χ3v) is 7.44. The number of fused-ring (bicyclic) bond motifs is 3. The molecule has 2 aliphatic heterocycles. The number of halogens is 1. The van der Waals surface area contributed by atoms with Crippen LogP contribution in [0.25, 0.3) is 39.0 Å². The number of amides is 1. The zero-order valence-electron chi connectivity index (χ0n) is 22.3. The van der Waals surface area contributed by atoms with Gasteiger partial charge in [-0.25, -0.2) is 14.4 Å². The van der Waals surface area contributed by atoms with Crippen LogP contribution in [0.5, 0.6) is 0 Å². The fraction of sp³-hybridized carbons (Fsp3) is 0.156. The molecule has 3 N–H and O–H groups in total. The summed E-state index contributed by atoms with van der Waals surface area (Å²) in [5, 5.41) is 9.93. The summed E-state index contributed by atoms with van der Waals surface area (Å²) in [5.74, 6) is 0.167. The number of unbranched alkanes of at least 4 members (excludes halogenated alkanes) is 1. The van der Waals surface area contributed by atoms with E-state index < -0.39 is 5.82 Å². The molecule has 1 aromatic carbocycles. The van der Waals surface area contributed by atoms with Crippen molar-refractivity contribution in [2.45, 2.75) is 32.6 Å². The third kappa shape index (κ3) is 4.55. The molecule has 5 aromatic rings. The van der Waals surface area contributed by atoms with Crippen molar-refractivity contribution >= 4 is 45.5 Å². The number of pyridine rings is 4. The maximum absolute atomic E-state index is 16.4. The van der Waals surface area contributed by atoms with Gasteiger partial charge >= 0.3 is 0 Å². The van der Waals surface area contributed by atoms with E-state index in [1.807, 2.05) is 31.2 Å². The minimum atomic E-state index is -0.440. The van der Waals surface area contributed by atoms with E-state index >= 15 is 4.39 Å². The first-order chi connectivity index (χ1) is 20.1. The Kier molecular flexibility index (Phi) is 6.11. The van der Waals surface area contributed by atoms with E-state index in [-0.39, 0.29) is 11.5 Å². The largest absolute Gasteiger partial charge is 0.355 e. The van der Waals surface area contributed by atoms with Crippen molar-refractivity contribution in [1.82, 2.24) is 19.9 Å². The summed E-state index contributed by atoms with van der Waals surface area (Å²) in [7, 11) is 0. The molecule has 0 aliphatic carbocycles. The molecule has 41 heavy (non-hydrogen) atoms. The van der Waals surface area contributed by atoms with E-state index in [9.17, 15) is 4.79 Å². The Morgan fingerprint density at radius 2 is 1.90 bits per heavy atom. The van der Waals surface area contributed by atoms with Crippen LogP contribution < -0.4 is 16.0 Å². The number of aromatic nitrogens is 4. The molecule has 0 bridgehead atoms. The van der Waals surface area contributed by atoms with Gasteiger partial charge in [0.25, 0.3) is 0 Å². The summed E-state index contributed by atoms with van der Waals surface area (Å²) in [4.78, 5) is 29.7. The van der Waals surface area contributed by atoms with Crippen LogP contribution in [0, 0.1) is 5.82 Å². The molecule has 2 aliphatic rings. The summed E-state index contributed by atoms with van der Waals surface area (Å²) < 4.78 is 16.4. The molecular weight excluding hydrogens is 517 g/mol. The van der Waals surface area contributed by atoms with Crippen molar-refractivity contribution in [2.75, 3.05) is 16.0 Å². The van der Waals surface area contributed by atoms with Gasteiger partial charge in [-0.1, -0.05) is 31.6 Å². The van der Waals surface area contributed by atoms with Gasteiger partial charge < -0.3 is 16.0 Å². The number of nitrogens with one attached hydrogen (secondary N) is 3. The van der Waals surface area contributed by atoms with Crippen LogP contribution in [-0.4, -0.2) is 25.8 Å². The van der Waals surface area contributed by atoms with Crippen LogP contribution in [0.2, 0.25) is 0 Å². The van der Waals surface area contributed by atoms with Gasteiger partial charge in [0, 0.05) is 59.3 Å². The van der Waals surface area contributed by atoms with Gasteiger partial charge in [-0.2, -0.15) is 0 Å². The number of carbonyl (C=O) groups is 1. The van der Waals surface area contributed by atoms with Crippen LogP contribution in [0.1, 0.15) is 37.3 Å². The Morgan fingerprint density at radius 3 is 2.76 bits per heavy atom. The van der Waals surface area contributed by atoms with Crippen LogP contribution in [0.3, 0.4) is 0 Å². The molecule has 7 rings (SSSR count). The summed E-state index contributed by atoms with van der Waals surface area (Å²) in [6.07, 6.45) is 13.1. The lowest BCUT2D eigenvalue weighted by atomic mass is 9.92. The Bertz CT molecular complexity index is 1870. The first-order valence-corrected chi connectivity index (χ1v) is 13.6. The van der Waals surface area contributed by atoms with Gasteiger partial charge in [0.1, 0.15) is 5.82 Å². The minimum Gasteiger partial charge on any atom is -0.355 e. The molecule has 0 spiro atoms. The fourth-order valence-corrected chi connectivity index (χ4v) is 5.35. The van der Waals surface area contributed by atoms with Crippen molar-refractivity contribution in [1.29, 1.82) is 0 Å². The second-order valence-electron chi connectivity index (χ2n) is 10.1. The molecule has 202 valence electrons. The highest BCUT2D eigenvalue weighted by Crippen LogP contribution is 2.49. The number of allylic oxidation sites excluding steroid dienone is 1.